The van der Waals surface area contributed by atoms with Gasteiger partial charge in [-0.25, -0.2) is 9.18 Å². The first-order chi connectivity index (χ1) is 16.1. The van der Waals surface area contributed by atoms with E-state index in [9.17, 15) is 19.1 Å². The Balaban J connectivity index is 1.45. The highest BCUT2D eigenvalue weighted by atomic mass is 19.1. The Labute approximate surface area is 200 Å². The average molecular weight is 469 g/mol. The van der Waals surface area contributed by atoms with Gasteiger partial charge in [-0.05, 0) is 62.4 Å². The van der Waals surface area contributed by atoms with Gasteiger partial charge in [-0.1, -0.05) is 36.4 Å². The lowest BCUT2D eigenvalue weighted by molar-refractivity contribution is -0.133. The highest BCUT2D eigenvalue weighted by Crippen LogP contribution is 2.36. The molecule has 2 amide bonds. The zero-order valence-corrected chi connectivity index (χ0v) is 20.0. The Morgan fingerprint density at radius 2 is 1.79 bits per heavy atom. The maximum atomic E-state index is 13.6. The third-order valence-electron chi connectivity index (χ3n) is 6.58. The van der Waals surface area contributed by atoms with Gasteiger partial charge in [0.25, 0.3) is 0 Å². The highest BCUT2D eigenvalue weighted by molar-refractivity contribution is 5.78. The van der Waals surface area contributed by atoms with Crippen molar-refractivity contribution in [3.8, 4) is 0 Å². The van der Waals surface area contributed by atoms with Gasteiger partial charge in [0.1, 0.15) is 11.4 Å². The van der Waals surface area contributed by atoms with Crippen LogP contribution in [-0.2, 0) is 16.0 Å². The monoisotopic (exact) mass is 468 g/mol. The molecule has 1 saturated heterocycles. The number of β-amino-alcohol motifs (C(OH)–C–C–N with tert-alkyl or cyclic N) is 1. The summed E-state index contributed by atoms with van der Waals surface area (Å²) in [4.78, 5) is 29.1. The van der Waals surface area contributed by atoms with Crippen LogP contribution >= 0.6 is 0 Å². The number of nitrogens with zero attached hydrogens (tertiary/aromatic N) is 2. The van der Waals surface area contributed by atoms with Gasteiger partial charge >= 0.3 is 6.09 Å². The third-order valence-corrected chi connectivity index (χ3v) is 6.58. The Bertz CT molecular complexity index is 1030. The summed E-state index contributed by atoms with van der Waals surface area (Å²) in [6.07, 6.45) is 0.384. The van der Waals surface area contributed by atoms with E-state index in [4.69, 9.17) is 4.74 Å². The normalized spacial score (nSPS) is 22.4. The molecule has 34 heavy (non-hydrogen) atoms. The molecule has 0 spiro atoms. The molecule has 2 aromatic rings. The zero-order valence-electron chi connectivity index (χ0n) is 20.0. The number of amides is 2. The summed E-state index contributed by atoms with van der Waals surface area (Å²) in [6, 6.07) is 14.1. The molecule has 0 radical (unpaired) electrons. The van der Waals surface area contributed by atoms with Crippen molar-refractivity contribution < 1.29 is 23.8 Å². The standard InChI is InChI=1S/C27H33FN2O4/c1-27(2,3)34-26(33)29-16-20(23(31)17-29)10-13-24(32)30-15-14-18-6-4-5-7-22(18)25(30)19-8-11-21(28)12-9-19/h4-9,11-12,20,23,25,31H,10,13-17H2,1-3H3/t20-,23+,25+/m1/s1. The third kappa shape index (κ3) is 5.41. The van der Waals surface area contributed by atoms with Crippen molar-refractivity contribution in [2.75, 3.05) is 19.6 Å². The molecule has 7 heteroatoms. The van der Waals surface area contributed by atoms with Crippen molar-refractivity contribution in [2.24, 2.45) is 5.92 Å². The van der Waals surface area contributed by atoms with Gasteiger partial charge in [0, 0.05) is 25.4 Å². The second kappa shape index (κ2) is 9.74. The molecule has 2 aliphatic heterocycles. The number of carbonyl (C=O) groups excluding carboxylic acids is 2. The van der Waals surface area contributed by atoms with Crippen LogP contribution in [0, 0.1) is 11.7 Å². The summed E-state index contributed by atoms with van der Waals surface area (Å²) in [5.41, 5.74) is 2.53. The lowest BCUT2D eigenvalue weighted by atomic mass is 9.87. The molecule has 0 aromatic heterocycles. The van der Waals surface area contributed by atoms with E-state index < -0.39 is 17.8 Å². The van der Waals surface area contributed by atoms with Gasteiger partial charge in [0.2, 0.25) is 5.91 Å². The summed E-state index contributed by atoms with van der Waals surface area (Å²) in [5, 5.41) is 10.5. The van der Waals surface area contributed by atoms with Crippen LogP contribution in [0.3, 0.4) is 0 Å². The molecule has 182 valence electrons. The molecule has 0 bridgehead atoms. The first-order valence-electron chi connectivity index (χ1n) is 11.9. The molecular formula is C27H33FN2O4. The summed E-state index contributed by atoms with van der Waals surface area (Å²) in [6.45, 7) is 6.58. The number of fused-ring (bicyclic) bond motifs is 1. The fourth-order valence-electron chi connectivity index (χ4n) is 4.91. The fourth-order valence-corrected chi connectivity index (χ4v) is 4.91. The van der Waals surface area contributed by atoms with E-state index in [0.717, 1.165) is 17.5 Å². The minimum Gasteiger partial charge on any atom is -0.444 e. The van der Waals surface area contributed by atoms with Crippen LogP contribution in [0.15, 0.2) is 48.5 Å². The molecular weight excluding hydrogens is 435 g/mol. The van der Waals surface area contributed by atoms with Crippen LogP contribution in [0.1, 0.15) is 56.3 Å². The van der Waals surface area contributed by atoms with Gasteiger partial charge < -0.3 is 19.6 Å². The van der Waals surface area contributed by atoms with Crippen LogP contribution < -0.4 is 0 Å². The molecule has 2 heterocycles. The molecule has 3 atom stereocenters. The van der Waals surface area contributed by atoms with E-state index in [2.05, 4.69) is 6.07 Å². The molecule has 0 aliphatic carbocycles. The zero-order chi connectivity index (χ0) is 24.5. The van der Waals surface area contributed by atoms with E-state index >= 15 is 0 Å². The number of halogens is 1. The molecule has 0 saturated carbocycles. The lowest BCUT2D eigenvalue weighted by Gasteiger charge is -2.38. The van der Waals surface area contributed by atoms with Crippen LogP contribution in [0.5, 0.6) is 0 Å². The lowest BCUT2D eigenvalue weighted by Crippen LogP contribution is -2.41. The summed E-state index contributed by atoms with van der Waals surface area (Å²) in [5.74, 6) is -0.500. The smallest absolute Gasteiger partial charge is 0.410 e. The van der Waals surface area contributed by atoms with Crippen LogP contribution in [0.2, 0.25) is 0 Å². The van der Waals surface area contributed by atoms with Gasteiger partial charge in [-0.15, -0.1) is 0 Å². The number of hydrogen-bond donors (Lipinski definition) is 1. The molecule has 0 unspecified atom stereocenters. The first-order valence-corrected chi connectivity index (χ1v) is 11.9. The number of aliphatic hydroxyl groups excluding tert-OH is 1. The van der Waals surface area contributed by atoms with E-state index in [1.165, 1.54) is 22.6 Å². The maximum Gasteiger partial charge on any atom is 0.410 e. The molecule has 6 nitrogen and oxygen atoms in total. The Hall–Kier alpha value is -2.93. The van der Waals surface area contributed by atoms with Crippen molar-refractivity contribution in [3.05, 3.63) is 71.0 Å². The van der Waals surface area contributed by atoms with Crippen molar-refractivity contribution in [1.82, 2.24) is 9.80 Å². The van der Waals surface area contributed by atoms with E-state index in [-0.39, 0.29) is 36.6 Å². The van der Waals surface area contributed by atoms with Crippen LogP contribution in [-0.4, -0.2) is 58.2 Å². The Kier molecular flexibility index (Phi) is 6.94. The Morgan fingerprint density at radius 3 is 2.50 bits per heavy atom. The topological polar surface area (TPSA) is 70.1 Å². The summed E-state index contributed by atoms with van der Waals surface area (Å²) < 4.78 is 19.0. The number of ether oxygens (including phenoxy) is 1. The number of hydrogen-bond acceptors (Lipinski definition) is 4. The van der Waals surface area contributed by atoms with Gasteiger partial charge in [0.05, 0.1) is 18.7 Å². The van der Waals surface area contributed by atoms with Crippen molar-refractivity contribution in [2.45, 2.75) is 57.8 Å². The molecule has 2 aliphatic rings. The van der Waals surface area contributed by atoms with Crippen LogP contribution in [0.25, 0.3) is 0 Å². The van der Waals surface area contributed by atoms with Crippen molar-refractivity contribution in [1.29, 1.82) is 0 Å². The van der Waals surface area contributed by atoms with Crippen molar-refractivity contribution in [3.63, 3.8) is 0 Å². The summed E-state index contributed by atoms with van der Waals surface area (Å²) >= 11 is 0. The van der Waals surface area contributed by atoms with Gasteiger partial charge in [0.15, 0.2) is 0 Å². The van der Waals surface area contributed by atoms with Gasteiger partial charge in [-0.3, -0.25) is 4.79 Å². The Morgan fingerprint density at radius 1 is 1.09 bits per heavy atom. The fraction of sp³-hybridized carbons (Fsp3) is 0.481. The SMILES string of the molecule is CC(C)(C)OC(=O)N1C[C@@H](CCC(=O)N2CCc3ccccc3[C@@H]2c2ccc(F)cc2)[C@@H](O)C1. The van der Waals surface area contributed by atoms with E-state index in [1.54, 1.807) is 12.1 Å². The summed E-state index contributed by atoms with van der Waals surface area (Å²) in [7, 11) is 0. The number of aliphatic hydroxyl groups is 1. The number of benzene rings is 2. The first kappa shape index (κ1) is 24.2. The maximum absolute atomic E-state index is 13.6. The average Bonchev–Trinajstić information content (AvgIpc) is 3.17. The van der Waals surface area contributed by atoms with Crippen molar-refractivity contribution >= 4 is 12.0 Å². The number of carbonyl (C=O) groups is 2. The minimum atomic E-state index is -0.685. The van der Waals surface area contributed by atoms with E-state index in [0.29, 0.717) is 19.5 Å². The predicted octanol–water partition coefficient (Wildman–Crippen LogP) is 4.31. The second-order valence-electron chi connectivity index (χ2n) is 10.2. The van der Waals surface area contributed by atoms with Crippen LogP contribution in [0.4, 0.5) is 9.18 Å². The quantitative estimate of drug-likeness (QED) is 0.726. The second-order valence-corrected chi connectivity index (χ2v) is 10.2. The van der Waals surface area contributed by atoms with Gasteiger partial charge in [-0.2, -0.15) is 0 Å². The number of likely N-dealkylation sites (tertiary alicyclic amines) is 1. The molecule has 1 N–H and O–H groups in total. The molecule has 4 rings (SSSR count). The van der Waals surface area contributed by atoms with E-state index in [1.807, 2.05) is 43.9 Å². The molecule has 2 aromatic carbocycles. The molecule has 1 fully saturated rings. The highest BCUT2D eigenvalue weighted by Gasteiger charge is 2.37. The predicted molar refractivity (Wildman–Crippen MR) is 127 cm³/mol. The number of rotatable bonds is 4. The minimum absolute atomic E-state index is 0.00764. The largest absolute Gasteiger partial charge is 0.444 e.